The number of aromatic nitrogens is 4. The van der Waals surface area contributed by atoms with Crippen molar-refractivity contribution in [3.8, 4) is 11.3 Å². The Morgan fingerprint density at radius 2 is 1.78 bits per heavy atom. The predicted molar refractivity (Wildman–Crippen MR) is 135 cm³/mol. The zero-order chi connectivity index (χ0) is 25.2. The van der Waals surface area contributed by atoms with Gasteiger partial charge in [0.1, 0.15) is 22.7 Å². The lowest BCUT2D eigenvalue weighted by Crippen LogP contribution is -2.32. The van der Waals surface area contributed by atoms with E-state index < -0.39 is 23.1 Å². The van der Waals surface area contributed by atoms with Crippen LogP contribution in [0.15, 0.2) is 67.1 Å². The monoisotopic (exact) mass is 486 g/mol. The summed E-state index contributed by atoms with van der Waals surface area (Å²) in [5.41, 5.74) is 3.23. The number of carbonyl (C=O) groups excluding carboxylic acids is 1. The highest BCUT2D eigenvalue weighted by Crippen LogP contribution is 2.25. The second kappa shape index (κ2) is 9.79. The first-order valence-electron chi connectivity index (χ1n) is 11.5. The van der Waals surface area contributed by atoms with Gasteiger partial charge < -0.3 is 14.8 Å². The Morgan fingerprint density at radius 3 is 2.56 bits per heavy atom. The first-order valence-corrected chi connectivity index (χ1v) is 11.5. The van der Waals surface area contributed by atoms with Crippen molar-refractivity contribution in [2.45, 2.75) is 6.54 Å². The number of halogens is 2. The molecule has 2 aromatic carbocycles. The van der Waals surface area contributed by atoms with Gasteiger partial charge in [0.15, 0.2) is 5.65 Å². The Bertz CT molecular complexity index is 1560. The van der Waals surface area contributed by atoms with E-state index in [1.54, 1.807) is 24.7 Å². The van der Waals surface area contributed by atoms with E-state index in [0.717, 1.165) is 28.6 Å². The smallest absolute Gasteiger partial charge is 0.257 e. The van der Waals surface area contributed by atoms with Gasteiger partial charge in [0.25, 0.3) is 5.91 Å². The van der Waals surface area contributed by atoms with E-state index in [4.69, 9.17) is 0 Å². The molecule has 0 atom stereocenters. The first-order chi connectivity index (χ1) is 17.4. The average molecular weight is 487 g/mol. The van der Waals surface area contributed by atoms with Crippen molar-refractivity contribution < 1.29 is 13.6 Å². The van der Waals surface area contributed by atoms with Crippen molar-refractivity contribution in [2.24, 2.45) is 0 Å². The van der Waals surface area contributed by atoms with E-state index in [2.05, 4.69) is 26.3 Å². The third-order valence-corrected chi connectivity index (χ3v) is 5.89. The predicted octanol–water partition coefficient (Wildman–Crippen LogP) is 4.26. The fourth-order valence-corrected chi connectivity index (χ4v) is 4.06. The molecule has 7 nitrogen and oxygen atoms in total. The number of nitrogens with zero attached hydrogens (tertiary/aromatic N) is 5. The molecule has 0 aliphatic heterocycles. The van der Waals surface area contributed by atoms with Crippen LogP contribution >= 0.6 is 0 Å². The molecule has 182 valence electrons. The summed E-state index contributed by atoms with van der Waals surface area (Å²) in [6.45, 7) is 1.36. The van der Waals surface area contributed by atoms with E-state index in [0.29, 0.717) is 29.9 Å². The number of benzene rings is 2. The van der Waals surface area contributed by atoms with Crippen molar-refractivity contribution in [3.63, 3.8) is 0 Å². The molecule has 0 fully saturated rings. The van der Waals surface area contributed by atoms with Gasteiger partial charge in [-0.25, -0.2) is 18.7 Å². The van der Waals surface area contributed by atoms with Crippen LogP contribution in [0.3, 0.4) is 0 Å². The lowest BCUT2D eigenvalue weighted by molar-refractivity contribution is 0.0942. The quantitative estimate of drug-likeness (QED) is 0.372. The molecule has 0 saturated carbocycles. The lowest BCUT2D eigenvalue weighted by atomic mass is 10.1. The summed E-state index contributed by atoms with van der Waals surface area (Å²) in [6.07, 6.45) is 3.45. The second-order valence-corrected chi connectivity index (χ2v) is 8.82. The van der Waals surface area contributed by atoms with E-state index in [-0.39, 0.29) is 12.1 Å². The van der Waals surface area contributed by atoms with Crippen LogP contribution in [0.1, 0.15) is 15.9 Å². The summed E-state index contributed by atoms with van der Waals surface area (Å²) >= 11 is 0. The van der Waals surface area contributed by atoms with Crippen molar-refractivity contribution >= 4 is 28.0 Å². The molecule has 0 unspecified atom stereocenters. The number of fused-ring (bicyclic) bond motifs is 2. The maximum absolute atomic E-state index is 14.8. The van der Waals surface area contributed by atoms with Crippen molar-refractivity contribution in [3.05, 3.63) is 89.9 Å². The lowest BCUT2D eigenvalue weighted by Gasteiger charge is -2.12. The molecule has 0 aliphatic rings. The largest absolute Gasteiger partial charge is 0.351 e. The third kappa shape index (κ3) is 4.78. The third-order valence-electron chi connectivity index (χ3n) is 5.89. The molecule has 0 saturated heterocycles. The maximum atomic E-state index is 14.8. The number of imidazole rings is 1. The minimum Gasteiger partial charge on any atom is -0.351 e. The van der Waals surface area contributed by atoms with Crippen LogP contribution in [0.4, 0.5) is 8.78 Å². The Hall–Kier alpha value is -4.24. The van der Waals surface area contributed by atoms with Crippen LogP contribution in [0, 0.1) is 11.6 Å². The number of rotatable bonds is 7. The van der Waals surface area contributed by atoms with Gasteiger partial charge in [0.05, 0.1) is 24.1 Å². The van der Waals surface area contributed by atoms with Gasteiger partial charge in [-0.15, -0.1) is 0 Å². The van der Waals surface area contributed by atoms with Gasteiger partial charge >= 0.3 is 0 Å². The maximum Gasteiger partial charge on any atom is 0.257 e. The van der Waals surface area contributed by atoms with Gasteiger partial charge in [-0.1, -0.05) is 12.1 Å². The van der Waals surface area contributed by atoms with Gasteiger partial charge in [-0.2, -0.15) is 0 Å². The molecule has 5 aromatic rings. The first kappa shape index (κ1) is 23.5. The van der Waals surface area contributed by atoms with Gasteiger partial charge in [0, 0.05) is 30.2 Å². The van der Waals surface area contributed by atoms with Crippen LogP contribution in [-0.4, -0.2) is 57.5 Å². The highest BCUT2D eigenvalue weighted by atomic mass is 19.1. The minimum absolute atomic E-state index is 0.237. The Morgan fingerprint density at radius 1 is 1.00 bits per heavy atom. The molecular weight excluding hydrogens is 462 g/mol. The Kier molecular flexibility index (Phi) is 6.39. The molecule has 0 spiro atoms. The summed E-state index contributed by atoms with van der Waals surface area (Å²) in [5.74, 6) is -2.66. The van der Waals surface area contributed by atoms with Crippen LogP contribution in [-0.2, 0) is 6.54 Å². The second-order valence-electron chi connectivity index (χ2n) is 8.82. The van der Waals surface area contributed by atoms with E-state index in [9.17, 15) is 13.6 Å². The number of likely N-dealkylation sites (N-methyl/N-ethyl adjacent to an activating group) is 1. The van der Waals surface area contributed by atoms with Gasteiger partial charge in [-0.05, 0) is 62.1 Å². The van der Waals surface area contributed by atoms with E-state index >= 15 is 0 Å². The molecule has 36 heavy (non-hydrogen) atoms. The molecule has 1 amide bonds. The molecule has 0 aliphatic carbocycles. The topological polar surface area (TPSA) is 75.9 Å². The fourth-order valence-electron chi connectivity index (χ4n) is 4.06. The Labute approximate surface area is 206 Å². The molecule has 3 aromatic heterocycles. The SMILES string of the molecule is CN(C)CCNC(=O)c1c(F)cc(-c2ccc3ncn(Cc4ccc5ncccc5c4)c3n2)cc1F. The van der Waals surface area contributed by atoms with E-state index in [1.807, 2.05) is 47.8 Å². The zero-order valence-electron chi connectivity index (χ0n) is 19.9. The fraction of sp³-hybridized carbons (Fsp3) is 0.185. The summed E-state index contributed by atoms with van der Waals surface area (Å²) in [4.78, 5) is 27.6. The number of carbonyl (C=O) groups is 1. The zero-order valence-corrected chi connectivity index (χ0v) is 19.9. The Balaban J connectivity index is 1.43. The summed E-state index contributed by atoms with van der Waals surface area (Å²) < 4.78 is 31.5. The van der Waals surface area contributed by atoms with Crippen molar-refractivity contribution in [1.29, 1.82) is 0 Å². The molecule has 3 heterocycles. The highest BCUT2D eigenvalue weighted by molar-refractivity contribution is 5.95. The minimum atomic E-state index is -0.937. The number of nitrogens with one attached hydrogen (secondary N) is 1. The van der Waals surface area contributed by atoms with E-state index in [1.165, 1.54) is 0 Å². The number of amides is 1. The standard InChI is InChI=1S/C27H24F2N6O/c1-34(2)11-10-31-27(36)25-20(28)13-19(14-21(25)29)23-7-8-24-26(33-23)35(16-32-24)15-17-5-6-22-18(12-17)4-3-9-30-22/h3-9,12-14,16H,10-11,15H2,1-2H3,(H,31,36). The van der Waals surface area contributed by atoms with Crippen molar-refractivity contribution in [2.75, 3.05) is 27.2 Å². The molecule has 0 radical (unpaired) electrons. The molecule has 5 rings (SSSR count). The number of pyridine rings is 2. The average Bonchev–Trinajstić information content (AvgIpc) is 3.25. The number of hydrogen-bond acceptors (Lipinski definition) is 5. The summed E-state index contributed by atoms with van der Waals surface area (Å²) in [7, 11) is 3.69. The molecule has 0 bridgehead atoms. The summed E-state index contributed by atoms with van der Waals surface area (Å²) in [6, 6.07) is 15.6. The summed E-state index contributed by atoms with van der Waals surface area (Å²) in [5, 5.41) is 3.57. The normalized spacial score (nSPS) is 11.5. The molecule has 9 heteroatoms. The van der Waals surface area contributed by atoms with Crippen LogP contribution in [0.25, 0.3) is 33.3 Å². The molecular formula is C27H24F2N6O. The molecule has 1 N–H and O–H groups in total. The van der Waals surface area contributed by atoms with Gasteiger partial charge in [0.2, 0.25) is 0 Å². The van der Waals surface area contributed by atoms with Crippen LogP contribution in [0.5, 0.6) is 0 Å². The van der Waals surface area contributed by atoms with Gasteiger partial charge in [-0.3, -0.25) is 9.78 Å². The van der Waals surface area contributed by atoms with Crippen molar-refractivity contribution in [1.82, 2.24) is 29.7 Å². The number of hydrogen-bond donors (Lipinski definition) is 1. The highest BCUT2D eigenvalue weighted by Gasteiger charge is 2.20. The van der Waals surface area contributed by atoms with Crippen LogP contribution in [0.2, 0.25) is 0 Å². The van der Waals surface area contributed by atoms with Crippen LogP contribution < -0.4 is 5.32 Å².